The van der Waals surface area contributed by atoms with Crippen LogP contribution in [0.5, 0.6) is 0 Å². The maximum Gasteiger partial charge on any atom is 0.310 e. The molecule has 0 unspecified atom stereocenters. The highest BCUT2D eigenvalue weighted by Gasteiger charge is 2.35. The van der Waals surface area contributed by atoms with Gasteiger partial charge in [0.05, 0.1) is 11.2 Å². The summed E-state index contributed by atoms with van der Waals surface area (Å²) in [4.78, 5) is 11.2. The molecule has 0 atom stereocenters. The third kappa shape index (κ3) is 5.04. The molecule has 0 aromatic carbocycles. The fourth-order valence-corrected chi connectivity index (χ4v) is 3.12. The predicted molar refractivity (Wildman–Crippen MR) is 67.3 cm³/mol. The molecule has 0 aliphatic heterocycles. The molecule has 2 N–H and O–H groups in total. The quantitative estimate of drug-likeness (QED) is 0.696. The summed E-state index contributed by atoms with van der Waals surface area (Å²) < 4.78 is 25.7. The minimum absolute atomic E-state index is 0.0231. The summed E-state index contributed by atoms with van der Waals surface area (Å²) in [5, 5.41) is 9.17. The number of nitrogens with one attached hydrogen (secondary N) is 1. The zero-order valence-corrected chi connectivity index (χ0v) is 11.8. The first-order chi connectivity index (χ1) is 7.69. The molecule has 5 nitrogen and oxygen atoms in total. The first kappa shape index (κ1) is 16.4. The van der Waals surface area contributed by atoms with Crippen molar-refractivity contribution < 1.29 is 18.3 Å². The molecule has 0 aromatic heterocycles. The van der Waals surface area contributed by atoms with E-state index in [1.54, 1.807) is 13.8 Å². The minimum atomic E-state index is -3.38. The highest BCUT2D eigenvalue weighted by Crippen LogP contribution is 2.26. The molecule has 0 amide bonds. The zero-order valence-electron chi connectivity index (χ0n) is 11.0. The number of carboxylic acid groups (broad SMARTS) is 1. The first-order valence-corrected chi connectivity index (χ1v) is 7.55. The average molecular weight is 265 g/mol. The van der Waals surface area contributed by atoms with Gasteiger partial charge in [-0.3, -0.25) is 4.79 Å². The third-order valence-corrected chi connectivity index (χ3v) is 4.68. The largest absolute Gasteiger partial charge is 0.481 e. The summed E-state index contributed by atoms with van der Waals surface area (Å²) in [6.45, 7) is 7.10. The molecule has 0 saturated heterocycles. The normalized spacial score (nSPS) is 13.0. The van der Waals surface area contributed by atoms with Crippen LogP contribution in [0.1, 0.15) is 40.5 Å². The lowest BCUT2D eigenvalue weighted by molar-refractivity contribution is -0.149. The lowest BCUT2D eigenvalue weighted by atomic mass is 9.83. The van der Waals surface area contributed by atoms with Crippen molar-refractivity contribution >= 4 is 16.0 Å². The third-order valence-electron chi connectivity index (χ3n) is 2.99. The number of sulfonamides is 1. The average Bonchev–Trinajstić information content (AvgIpc) is 2.17. The van der Waals surface area contributed by atoms with Crippen LogP contribution in [0.15, 0.2) is 0 Å². The van der Waals surface area contributed by atoms with E-state index in [0.29, 0.717) is 12.8 Å². The van der Waals surface area contributed by atoms with Crippen LogP contribution in [0.3, 0.4) is 0 Å². The Bertz CT molecular complexity index is 344. The van der Waals surface area contributed by atoms with Crippen molar-refractivity contribution in [2.75, 3.05) is 12.3 Å². The van der Waals surface area contributed by atoms with Crippen LogP contribution in [0, 0.1) is 11.3 Å². The van der Waals surface area contributed by atoms with E-state index in [2.05, 4.69) is 4.72 Å². The number of rotatable bonds is 8. The smallest absolute Gasteiger partial charge is 0.310 e. The fourth-order valence-electron chi connectivity index (χ4n) is 1.62. The van der Waals surface area contributed by atoms with E-state index in [9.17, 15) is 13.2 Å². The van der Waals surface area contributed by atoms with Crippen molar-refractivity contribution in [3.8, 4) is 0 Å². The summed E-state index contributed by atoms with van der Waals surface area (Å²) >= 11 is 0. The molecule has 0 fully saturated rings. The Morgan fingerprint density at radius 1 is 1.29 bits per heavy atom. The van der Waals surface area contributed by atoms with E-state index < -0.39 is 21.4 Å². The van der Waals surface area contributed by atoms with Crippen molar-refractivity contribution in [3.63, 3.8) is 0 Å². The second-order valence-corrected chi connectivity index (χ2v) is 6.64. The molecule has 0 heterocycles. The topological polar surface area (TPSA) is 83.5 Å². The van der Waals surface area contributed by atoms with E-state index >= 15 is 0 Å². The van der Waals surface area contributed by atoms with Crippen LogP contribution < -0.4 is 4.72 Å². The Hall–Kier alpha value is -0.620. The fraction of sp³-hybridized carbons (Fsp3) is 0.909. The van der Waals surface area contributed by atoms with Gasteiger partial charge in [-0.25, -0.2) is 13.1 Å². The van der Waals surface area contributed by atoms with Crippen LogP contribution in [0.4, 0.5) is 0 Å². The van der Waals surface area contributed by atoms with Gasteiger partial charge in [-0.2, -0.15) is 0 Å². The molecule has 0 aliphatic carbocycles. The molecule has 0 spiro atoms. The number of aliphatic carboxylic acids is 1. The Balaban J connectivity index is 4.67. The maximum absolute atomic E-state index is 11.6. The molecule has 0 radical (unpaired) electrons. The van der Waals surface area contributed by atoms with Crippen LogP contribution in [-0.2, 0) is 14.8 Å². The summed E-state index contributed by atoms with van der Waals surface area (Å²) in [5.74, 6) is -0.902. The van der Waals surface area contributed by atoms with Crippen LogP contribution in [0.2, 0.25) is 0 Å². The van der Waals surface area contributed by atoms with Crippen molar-refractivity contribution in [1.29, 1.82) is 0 Å². The lowest BCUT2D eigenvalue weighted by Crippen LogP contribution is -2.43. The Kier molecular flexibility index (Phi) is 6.12. The Morgan fingerprint density at radius 3 is 2.06 bits per heavy atom. The van der Waals surface area contributed by atoms with Crippen LogP contribution >= 0.6 is 0 Å². The van der Waals surface area contributed by atoms with Crippen LogP contribution in [0.25, 0.3) is 0 Å². The molecule has 0 bridgehead atoms. The number of hydrogen-bond acceptors (Lipinski definition) is 3. The molecule has 6 heteroatoms. The van der Waals surface area contributed by atoms with Gasteiger partial charge in [0.1, 0.15) is 0 Å². The molecular weight excluding hydrogens is 242 g/mol. The van der Waals surface area contributed by atoms with Gasteiger partial charge in [0, 0.05) is 6.54 Å². The monoisotopic (exact) mass is 265 g/mol. The molecule has 0 aromatic rings. The second kappa shape index (κ2) is 6.35. The number of carbonyl (C=O) groups is 1. The Labute approximate surface area is 104 Å². The van der Waals surface area contributed by atoms with Gasteiger partial charge in [0.25, 0.3) is 0 Å². The highest BCUT2D eigenvalue weighted by atomic mass is 32.2. The number of hydrogen-bond donors (Lipinski definition) is 2. The van der Waals surface area contributed by atoms with Gasteiger partial charge < -0.3 is 5.11 Å². The molecule has 0 rings (SSSR count). The number of carboxylic acids is 1. The van der Waals surface area contributed by atoms with E-state index in [-0.39, 0.29) is 18.2 Å². The molecule has 102 valence electrons. The maximum atomic E-state index is 11.6. The van der Waals surface area contributed by atoms with E-state index in [1.807, 2.05) is 13.8 Å². The van der Waals surface area contributed by atoms with Crippen LogP contribution in [-0.4, -0.2) is 31.8 Å². The molecule has 17 heavy (non-hydrogen) atoms. The van der Waals surface area contributed by atoms with Gasteiger partial charge in [0.15, 0.2) is 0 Å². The van der Waals surface area contributed by atoms with Gasteiger partial charge in [-0.05, 0) is 18.8 Å². The predicted octanol–water partition coefficient (Wildman–Crippen LogP) is 1.45. The lowest BCUT2D eigenvalue weighted by Gasteiger charge is -2.26. The molecular formula is C11H23NO4S. The summed E-state index contributed by atoms with van der Waals surface area (Å²) in [5.41, 5.74) is -0.996. The Morgan fingerprint density at radius 2 is 1.76 bits per heavy atom. The van der Waals surface area contributed by atoms with Gasteiger partial charge in [0.2, 0.25) is 10.0 Å². The second-order valence-electron chi connectivity index (χ2n) is 4.79. The van der Waals surface area contributed by atoms with Crippen molar-refractivity contribution in [2.24, 2.45) is 11.3 Å². The molecule has 0 saturated carbocycles. The van der Waals surface area contributed by atoms with Crippen molar-refractivity contribution in [2.45, 2.75) is 40.5 Å². The van der Waals surface area contributed by atoms with Crippen molar-refractivity contribution in [1.82, 2.24) is 4.72 Å². The summed E-state index contributed by atoms with van der Waals surface area (Å²) in [6.07, 6.45) is 0.812. The summed E-state index contributed by atoms with van der Waals surface area (Å²) in [6, 6.07) is 0. The van der Waals surface area contributed by atoms with E-state index in [0.717, 1.165) is 0 Å². The first-order valence-electron chi connectivity index (χ1n) is 5.90. The van der Waals surface area contributed by atoms with Crippen molar-refractivity contribution in [3.05, 3.63) is 0 Å². The van der Waals surface area contributed by atoms with E-state index in [4.69, 9.17) is 5.11 Å². The highest BCUT2D eigenvalue weighted by molar-refractivity contribution is 7.89. The van der Waals surface area contributed by atoms with E-state index in [1.165, 1.54) is 0 Å². The van der Waals surface area contributed by atoms with Gasteiger partial charge in [-0.1, -0.05) is 27.7 Å². The summed E-state index contributed by atoms with van der Waals surface area (Å²) in [7, 11) is -3.38. The van der Waals surface area contributed by atoms with Gasteiger partial charge >= 0.3 is 5.97 Å². The standard InChI is InChI=1S/C11H23NO4S/c1-5-11(6-2,10(13)14)8-12-17(15,16)7-9(3)4/h9,12H,5-8H2,1-4H3,(H,13,14). The zero-order chi connectivity index (χ0) is 13.7. The molecule has 0 aliphatic rings. The minimum Gasteiger partial charge on any atom is -0.481 e. The van der Waals surface area contributed by atoms with Gasteiger partial charge in [-0.15, -0.1) is 0 Å². The SMILES string of the molecule is CCC(CC)(CNS(=O)(=O)CC(C)C)C(=O)O.